The Morgan fingerprint density at radius 2 is 2.04 bits per heavy atom. The molecule has 2 aromatic heterocycles. The summed E-state index contributed by atoms with van der Waals surface area (Å²) in [6.07, 6.45) is 1.38. The first-order chi connectivity index (χ1) is 11.8. The minimum Gasteiger partial charge on any atom is -0.468 e. The molecule has 0 unspecified atom stereocenters. The van der Waals surface area contributed by atoms with Gasteiger partial charge in [0.2, 0.25) is 10.0 Å². The van der Waals surface area contributed by atoms with Crippen LogP contribution in [0.25, 0.3) is 0 Å². The molecule has 2 aromatic rings. The second-order valence-corrected chi connectivity index (χ2v) is 10.5. The van der Waals surface area contributed by atoms with E-state index in [0.29, 0.717) is 5.76 Å². The molecule has 8 nitrogen and oxygen atoms in total. The highest BCUT2D eigenvalue weighted by Gasteiger charge is 2.45. The zero-order valence-electron chi connectivity index (χ0n) is 13.1. The van der Waals surface area contributed by atoms with Crippen molar-refractivity contribution in [2.45, 2.75) is 15.9 Å². The van der Waals surface area contributed by atoms with E-state index in [1.165, 1.54) is 24.8 Å². The van der Waals surface area contributed by atoms with Crippen LogP contribution in [0, 0.1) is 0 Å². The number of carbonyl (C=O) groups excluding carboxylic acids is 1. The Kier molecular flexibility index (Phi) is 4.75. The van der Waals surface area contributed by atoms with E-state index >= 15 is 0 Å². The molecule has 136 valence electrons. The van der Waals surface area contributed by atoms with Gasteiger partial charge in [-0.25, -0.2) is 21.6 Å². The van der Waals surface area contributed by atoms with E-state index < -0.39 is 31.1 Å². The SMILES string of the molecule is COC(=O)c1sccc1S(=O)(=O)N1CC(S(=O)(=O)Cc2ccco2)C1. The van der Waals surface area contributed by atoms with Crippen LogP contribution in [0.4, 0.5) is 0 Å². The van der Waals surface area contributed by atoms with Crippen molar-refractivity contribution in [3.05, 3.63) is 40.5 Å². The van der Waals surface area contributed by atoms with E-state index in [2.05, 4.69) is 4.74 Å². The van der Waals surface area contributed by atoms with Crippen molar-refractivity contribution >= 4 is 37.2 Å². The van der Waals surface area contributed by atoms with Crippen molar-refractivity contribution in [2.24, 2.45) is 0 Å². The van der Waals surface area contributed by atoms with Crippen LogP contribution in [0.3, 0.4) is 0 Å². The summed E-state index contributed by atoms with van der Waals surface area (Å²) in [7, 11) is -6.31. The van der Waals surface area contributed by atoms with E-state index in [1.54, 1.807) is 12.1 Å². The average Bonchev–Trinajstić information content (AvgIpc) is 3.14. The molecule has 0 spiro atoms. The van der Waals surface area contributed by atoms with Crippen LogP contribution in [-0.4, -0.2) is 52.6 Å². The fourth-order valence-corrected chi connectivity index (χ4v) is 7.05. The second kappa shape index (κ2) is 6.56. The van der Waals surface area contributed by atoms with Crippen LogP contribution in [-0.2, 0) is 30.4 Å². The smallest absolute Gasteiger partial charge is 0.349 e. The van der Waals surface area contributed by atoms with Gasteiger partial charge in [-0.05, 0) is 23.6 Å². The summed E-state index contributed by atoms with van der Waals surface area (Å²) < 4.78 is 60.5. The van der Waals surface area contributed by atoms with E-state index in [1.807, 2.05) is 0 Å². The number of thiophene rings is 1. The third-order valence-electron chi connectivity index (χ3n) is 3.86. The maximum atomic E-state index is 12.6. The summed E-state index contributed by atoms with van der Waals surface area (Å²) in [5, 5.41) is 0.678. The van der Waals surface area contributed by atoms with Crippen molar-refractivity contribution in [1.82, 2.24) is 4.31 Å². The first-order valence-corrected chi connectivity index (χ1v) is 11.2. The van der Waals surface area contributed by atoms with Gasteiger partial charge in [-0.15, -0.1) is 11.3 Å². The molecule has 1 aliphatic heterocycles. The number of ether oxygens (including phenoxy) is 1. The number of sulfone groups is 1. The van der Waals surface area contributed by atoms with E-state index in [-0.39, 0.29) is 28.6 Å². The largest absolute Gasteiger partial charge is 0.468 e. The molecule has 0 bridgehead atoms. The normalized spacial score (nSPS) is 16.5. The molecule has 25 heavy (non-hydrogen) atoms. The Balaban J connectivity index is 1.74. The van der Waals surface area contributed by atoms with Crippen molar-refractivity contribution in [3.8, 4) is 0 Å². The van der Waals surface area contributed by atoms with Gasteiger partial charge >= 0.3 is 5.97 Å². The molecule has 0 atom stereocenters. The number of carbonyl (C=O) groups is 1. The van der Waals surface area contributed by atoms with E-state index in [4.69, 9.17) is 4.42 Å². The van der Waals surface area contributed by atoms with Gasteiger partial charge in [0.1, 0.15) is 21.3 Å². The third kappa shape index (κ3) is 3.36. The predicted octanol–water partition coefficient (Wildman–Crippen LogP) is 1.12. The van der Waals surface area contributed by atoms with E-state index in [0.717, 1.165) is 15.6 Å². The third-order valence-corrected chi connectivity index (χ3v) is 8.76. The van der Waals surface area contributed by atoms with Gasteiger partial charge < -0.3 is 9.15 Å². The number of methoxy groups -OCH3 is 1. The summed E-state index contributed by atoms with van der Waals surface area (Å²) in [6.45, 7) is -0.302. The molecule has 1 aliphatic rings. The van der Waals surface area contributed by atoms with Gasteiger partial charge in [0, 0.05) is 13.1 Å². The molecule has 3 heterocycles. The van der Waals surface area contributed by atoms with Crippen molar-refractivity contribution < 1.29 is 30.8 Å². The zero-order chi connectivity index (χ0) is 18.2. The quantitative estimate of drug-likeness (QED) is 0.662. The lowest BCUT2D eigenvalue weighted by molar-refractivity contribution is 0.0602. The first-order valence-electron chi connectivity index (χ1n) is 7.15. The number of furan rings is 1. The van der Waals surface area contributed by atoms with Crippen molar-refractivity contribution in [2.75, 3.05) is 20.2 Å². The molecule has 0 saturated carbocycles. The number of rotatable bonds is 6. The summed E-state index contributed by atoms with van der Waals surface area (Å²) >= 11 is 0.959. The molecule has 0 aliphatic carbocycles. The molecule has 0 amide bonds. The number of nitrogens with zero attached hydrogens (tertiary/aromatic N) is 1. The molecule has 0 aromatic carbocycles. The molecular formula is C14H15NO7S3. The van der Waals surface area contributed by atoms with Gasteiger partial charge in [0.15, 0.2) is 9.84 Å². The van der Waals surface area contributed by atoms with Gasteiger partial charge in [-0.3, -0.25) is 0 Å². The number of hydrogen-bond acceptors (Lipinski definition) is 8. The molecule has 0 radical (unpaired) electrons. The summed E-state index contributed by atoms with van der Waals surface area (Å²) in [4.78, 5) is 11.5. The number of esters is 1. The summed E-state index contributed by atoms with van der Waals surface area (Å²) in [6, 6.07) is 4.46. The fraction of sp³-hybridized carbons (Fsp3) is 0.357. The predicted molar refractivity (Wildman–Crippen MR) is 89.5 cm³/mol. The molecule has 3 rings (SSSR count). The highest BCUT2D eigenvalue weighted by molar-refractivity contribution is 7.92. The van der Waals surface area contributed by atoms with Crippen molar-refractivity contribution in [3.63, 3.8) is 0 Å². The maximum Gasteiger partial charge on any atom is 0.349 e. The molecular weight excluding hydrogens is 390 g/mol. The zero-order valence-corrected chi connectivity index (χ0v) is 15.6. The van der Waals surface area contributed by atoms with Crippen LogP contribution in [0.1, 0.15) is 15.4 Å². The average molecular weight is 405 g/mol. The monoisotopic (exact) mass is 405 g/mol. The molecule has 11 heteroatoms. The van der Waals surface area contributed by atoms with Gasteiger partial charge in [0.05, 0.1) is 18.6 Å². The first kappa shape index (κ1) is 18.1. The van der Waals surface area contributed by atoms with Crippen LogP contribution in [0.2, 0.25) is 0 Å². The highest BCUT2D eigenvalue weighted by Crippen LogP contribution is 2.31. The Morgan fingerprint density at radius 3 is 2.64 bits per heavy atom. The summed E-state index contributed by atoms with van der Waals surface area (Å²) in [5.74, 6) is -0.701. The Bertz CT molecular complexity index is 968. The topological polar surface area (TPSA) is 111 Å². The highest BCUT2D eigenvalue weighted by atomic mass is 32.2. The van der Waals surface area contributed by atoms with Gasteiger partial charge in [-0.1, -0.05) is 0 Å². The fourth-order valence-electron chi connectivity index (χ4n) is 2.42. The molecule has 1 saturated heterocycles. The minimum atomic E-state index is -3.94. The van der Waals surface area contributed by atoms with Crippen LogP contribution >= 0.6 is 11.3 Å². The van der Waals surface area contributed by atoms with Crippen LogP contribution in [0.15, 0.2) is 39.2 Å². The van der Waals surface area contributed by atoms with E-state index in [9.17, 15) is 21.6 Å². The lowest BCUT2D eigenvalue weighted by atomic mass is 10.3. The minimum absolute atomic E-state index is 0.0237. The van der Waals surface area contributed by atoms with Gasteiger partial charge in [-0.2, -0.15) is 4.31 Å². The Morgan fingerprint density at radius 1 is 1.32 bits per heavy atom. The summed E-state index contributed by atoms with van der Waals surface area (Å²) in [5.41, 5.74) is 0. The second-order valence-electron chi connectivity index (χ2n) is 5.44. The Labute approximate surface area is 149 Å². The maximum absolute atomic E-state index is 12.6. The Hall–Kier alpha value is -1.69. The lowest BCUT2D eigenvalue weighted by Crippen LogP contribution is -2.56. The van der Waals surface area contributed by atoms with Crippen LogP contribution < -0.4 is 0 Å². The van der Waals surface area contributed by atoms with Crippen molar-refractivity contribution in [1.29, 1.82) is 0 Å². The number of sulfonamides is 1. The van der Waals surface area contributed by atoms with Crippen LogP contribution in [0.5, 0.6) is 0 Å². The standard InChI is InChI=1S/C14H15NO7S3/c1-21-14(16)13-12(4-6-23-13)25(19,20)15-7-11(8-15)24(17,18)9-10-3-2-5-22-10/h2-6,11H,7-9H2,1H3. The lowest BCUT2D eigenvalue weighted by Gasteiger charge is -2.37. The van der Waals surface area contributed by atoms with Gasteiger partial charge in [0.25, 0.3) is 0 Å². The molecule has 0 N–H and O–H groups in total. The number of hydrogen-bond donors (Lipinski definition) is 0. The molecule has 1 fully saturated rings.